The minimum absolute atomic E-state index is 0.0410. The van der Waals surface area contributed by atoms with Gasteiger partial charge in [-0.15, -0.1) is 0 Å². The number of Topliss-reactive ketones (excluding diaryl/α,β-unsaturated/α-hetero) is 1. The molecule has 0 spiro atoms. The van der Waals surface area contributed by atoms with Crippen molar-refractivity contribution in [3.05, 3.63) is 63.6 Å². The fourth-order valence-electron chi connectivity index (χ4n) is 3.02. The molecular formula is C18H17BrO2. The molecular weight excluding hydrogens is 328 g/mol. The highest BCUT2D eigenvalue weighted by Crippen LogP contribution is 2.35. The van der Waals surface area contributed by atoms with E-state index in [0.717, 1.165) is 28.6 Å². The summed E-state index contributed by atoms with van der Waals surface area (Å²) in [6, 6.07) is 14.0. The van der Waals surface area contributed by atoms with Crippen molar-refractivity contribution in [2.24, 2.45) is 0 Å². The van der Waals surface area contributed by atoms with E-state index in [1.807, 2.05) is 30.3 Å². The molecule has 1 aliphatic rings. The normalized spacial score (nSPS) is 16.6. The van der Waals surface area contributed by atoms with Crippen LogP contribution in [0.5, 0.6) is 5.75 Å². The Morgan fingerprint density at radius 1 is 1.29 bits per heavy atom. The predicted molar refractivity (Wildman–Crippen MR) is 86.9 cm³/mol. The third-order valence-electron chi connectivity index (χ3n) is 4.14. The van der Waals surface area contributed by atoms with E-state index in [1.54, 1.807) is 7.11 Å². The number of fused-ring (bicyclic) bond motifs is 1. The minimum Gasteiger partial charge on any atom is -0.497 e. The van der Waals surface area contributed by atoms with Crippen LogP contribution >= 0.6 is 15.9 Å². The molecule has 0 N–H and O–H groups in total. The Labute approximate surface area is 133 Å². The molecule has 21 heavy (non-hydrogen) atoms. The van der Waals surface area contributed by atoms with Crippen LogP contribution in [0.15, 0.2) is 46.9 Å². The molecule has 1 unspecified atom stereocenters. The first-order chi connectivity index (χ1) is 10.2. The number of hydrogen-bond acceptors (Lipinski definition) is 2. The lowest BCUT2D eigenvalue weighted by Crippen LogP contribution is -2.13. The van der Waals surface area contributed by atoms with Crippen LogP contribution in [0.2, 0.25) is 0 Å². The number of aryl methyl sites for hydroxylation is 1. The molecule has 2 aromatic rings. The maximum absolute atomic E-state index is 12.7. The minimum atomic E-state index is 0.0410. The monoisotopic (exact) mass is 344 g/mol. The van der Waals surface area contributed by atoms with Crippen molar-refractivity contribution in [1.82, 2.24) is 0 Å². The Kier molecular flexibility index (Phi) is 4.11. The van der Waals surface area contributed by atoms with Gasteiger partial charge in [0.25, 0.3) is 0 Å². The van der Waals surface area contributed by atoms with Crippen LogP contribution in [-0.2, 0) is 17.6 Å². The van der Waals surface area contributed by atoms with Gasteiger partial charge in [0.1, 0.15) is 11.5 Å². The Morgan fingerprint density at radius 3 is 2.90 bits per heavy atom. The number of halogens is 1. The van der Waals surface area contributed by atoms with Crippen molar-refractivity contribution in [2.75, 3.05) is 7.11 Å². The largest absolute Gasteiger partial charge is 0.497 e. The number of methoxy groups -OCH3 is 1. The maximum atomic E-state index is 12.7. The number of benzene rings is 2. The zero-order valence-electron chi connectivity index (χ0n) is 11.9. The Bertz CT molecular complexity index is 679. The average Bonchev–Trinajstić information content (AvgIpc) is 2.93. The van der Waals surface area contributed by atoms with Gasteiger partial charge in [-0.1, -0.05) is 40.2 Å². The zero-order valence-corrected chi connectivity index (χ0v) is 13.5. The molecule has 0 aromatic heterocycles. The molecule has 0 heterocycles. The Balaban J connectivity index is 1.82. The van der Waals surface area contributed by atoms with Crippen LogP contribution in [-0.4, -0.2) is 12.9 Å². The van der Waals surface area contributed by atoms with Gasteiger partial charge in [0.2, 0.25) is 0 Å². The summed E-state index contributed by atoms with van der Waals surface area (Å²) in [6.07, 6.45) is 2.38. The first kappa shape index (κ1) is 14.3. The second-order valence-corrected chi connectivity index (χ2v) is 6.24. The van der Waals surface area contributed by atoms with Crippen LogP contribution < -0.4 is 4.74 Å². The highest BCUT2D eigenvalue weighted by Gasteiger charge is 2.28. The van der Waals surface area contributed by atoms with Gasteiger partial charge in [0, 0.05) is 16.8 Å². The number of carbonyl (C=O) groups excluding carboxylic acids is 1. The van der Waals surface area contributed by atoms with Crippen LogP contribution in [0, 0.1) is 0 Å². The molecule has 1 aliphatic carbocycles. The van der Waals surface area contributed by atoms with Crippen LogP contribution in [0.25, 0.3) is 0 Å². The van der Waals surface area contributed by atoms with Crippen LogP contribution in [0.3, 0.4) is 0 Å². The molecule has 0 saturated carbocycles. The van der Waals surface area contributed by atoms with Crippen molar-refractivity contribution >= 4 is 21.7 Å². The fraction of sp³-hybridized carbons (Fsp3) is 0.278. The maximum Gasteiger partial charge on any atom is 0.144 e. The van der Waals surface area contributed by atoms with Gasteiger partial charge in [-0.25, -0.2) is 0 Å². The third kappa shape index (κ3) is 2.88. The second kappa shape index (κ2) is 6.02. The van der Waals surface area contributed by atoms with Gasteiger partial charge < -0.3 is 4.74 Å². The summed E-state index contributed by atoms with van der Waals surface area (Å²) in [5, 5.41) is 0. The van der Waals surface area contributed by atoms with E-state index in [0.29, 0.717) is 6.42 Å². The summed E-state index contributed by atoms with van der Waals surface area (Å²) in [5.41, 5.74) is 3.52. The molecule has 0 radical (unpaired) electrons. The lowest BCUT2D eigenvalue weighted by Gasteiger charge is -2.12. The van der Waals surface area contributed by atoms with Gasteiger partial charge in [0.05, 0.1) is 7.11 Å². The highest BCUT2D eigenvalue weighted by atomic mass is 79.9. The van der Waals surface area contributed by atoms with E-state index < -0.39 is 0 Å². The second-order valence-electron chi connectivity index (χ2n) is 5.39. The van der Waals surface area contributed by atoms with E-state index >= 15 is 0 Å². The van der Waals surface area contributed by atoms with E-state index in [1.165, 1.54) is 11.1 Å². The number of rotatable bonds is 4. The van der Waals surface area contributed by atoms with Crippen molar-refractivity contribution in [2.45, 2.75) is 25.2 Å². The molecule has 0 saturated heterocycles. The highest BCUT2D eigenvalue weighted by molar-refractivity contribution is 9.10. The summed E-state index contributed by atoms with van der Waals surface area (Å²) in [7, 11) is 1.64. The SMILES string of the molecule is COc1ccc(Br)c(CC(=O)C2CCc3ccccc32)c1. The lowest BCUT2D eigenvalue weighted by molar-refractivity contribution is -0.119. The van der Waals surface area contributed by atoms with E-state index in [9.17, 15) is 4.79 Å². The quantitative estimate of drug-likeness (QED) is 0.826. The van der Waals surface area contributed by atoms with Crippen molar-refractivity contribution in [3.63, 3.8) is 0 Å². The molecule has 3 rings (SSSR count). The summed E-state index contributed by atoms with van der Waals surface area (Å²) in [4.78, 5) is 12.7. The Morgan fingerprint density at radius 2 is 2.10 bits per heavy atom. The van der Waals surface area contributed by atoms with Crippen molar-refractivity contribution < 1.29 is 9.53 Å². The molecule has 108 valence electrons. The molecule has 0 fully saturated rings. The topological polar surface area (TPSA) is 26.3 Å². The first-order valence-electron chi connectivity index (χ1n) is 7.12. The van der Waals surface area contributed by atoms with Crippen molar-refractivity contribution in [1.29, 1.82) is 0 Å². The summed E-state index contributed by atoms with van der Waals surface area (Å²) < 4.78 is 6.20. The summed E-state index contributed by atoms with van der Waals surface area (Å²) in [6.45, 7) is 0. The molecule has 3 heteroatoms. The lowest BCUT2D eigenvalue weighted by atomic mass is 9.92. The van der Waals surface area contributed by atoms with Gasteiger partial charge >= 0.3 is 0 Å². The number of hydrogen-bond donors (Lipinski definition) is 0. The molecule has 2 nitrogen and oxygen atoms in total. The van der Waals surface area contributed by atoms with E-state index in [4.69, 9.17) is 4.74 Å². The van der Waals surface area contributed by atoms with Crippen molar-refractivity contribution in [3.8, 4) is 5.75 Å². The van der Waals surface area contributed by atoms with E-state index in [-0.39, 0.29) is 11.7 Å². The number of carbonyl (C=O) groups is 1. The summed E-state index contributed by atoms with van der Waals surface area (Å²) in [5.74, 6) is 1.11. The molecule has 2 aromatic carbocycles. The number of ether oxygens (including phenoxy) is 1. The molecule has 1 atom stereocenters. The fourth-order valence-corrected chi connectivity index (χ4v) is 3.40. The molecule has 0 aliphatic heterocycles. The summed E-state index contributed by atoms with van der Waals surface area (Å²) >= 11 is 3.52. The van der Waals surface area contributed by atoms with Crippen LogP contribution in [0.4, 0.5) is 0 Å². The van der Waals surface area contributed by atoms with Gasteiger partial charge in [-0.05, 0) is 47.7 Å². The predicted octanol–water partition coefficient (Wildman–Crippen LogP) is 4.30. The van der Waals surface area contributed by atoms with Gasteiger partial charge in [-0.3, -0.25) is 4.79 Å². The van der Waals surface area contributed by atoms with Gasteiger partial charge in [0.15, 0.2) is 0 Å². The van der Waals surface area contributed by atoms with E-state index in [2.05, 4.69) is 28.1 Å². The standard InChI is InChI=1S/C18H17BrO2/c1-21-14-7-9-17(19)13(10-14)11-18(20)16-8-6-12-4-2-3-5-15(12)16/h2-5,7,9-10,16H,6,8,11H2,1H3. The van der Waals surface area contributed by atoms with Gasteiger partial charge in [-0.2, -0.15) is 0 Å². The number of ketones is 1. The molecule has 0 amide bonds. The first-order valence-corrected chi connectivity index (χ1v) is 7.91. The average molecular weight is 345 g/mol. The zero-order chi connectivity index (χ0) is 14.8. The molecule has 0 bridgehead atoms. The Hall–Kier alpha value is -1.61. The third-order valence-corrected chi connectivity index (χ3v) is 4.91. The van der Waals surface area contributed by atoms with Crippen LogP contribution in [0.1, 0.15) is 29.0 Å². The smallest absolute Gasteiger partial charge is 0.144 e.